The third-order valence-corrected chi connectivity index (χ3v) is 5.78. The minimum atomic E-state index is -0.834. The topological polar surface area (TPSA) is 88.1 Å². The first-order valence-electron chi connectivity index (χ1n) is 9.04. The fraction of sp³-hybridized carbons (Fsp3) is 0.238. The van der Waals surface area contributed by atoms with Gasteiger partial charge in [0.1, 0.15) is 11.8 Å². The number of carbonyl (C=O) groups is 3. The summed E-state index contributed by atoms with van der Waals surface area (Å²) in [6, 6.07) is 13.1. The zero-order valence-electron chi connectivity index (χ0n) is 15.0. The molecule has 2 fully saturated rings. The van der Waals surface area contributed by atoms with Crippen LogP contribution in [0.4, 0.5) is 0 Å². The standard InChI is InChI=1S/C21H17N3O4/c1-28-13-8-6-11(7-9-13)19(25)18-16-15(20(26)23-21(16)27)17-14-5-3-2-4-12(14)10-22-24(17)18/h2-10,15-18H,1H3,(H,23,26,27)/t15-,16+,17+,18-/m1/s1. The molecule has 2 aromatic carbocycles. The molecule has 5 rings (SSSR count). The lowest BCUT2D eigenvalue weighted by molar-refractivity contribution is -0.127. The van der Waals surface area contributed by atoms with E-state index in [0.29, 0.717) is 11.3 Å². The zero-order chi connectivity index (χ0) is 19.4. The van der Waals surface area contributed by atoms with Crippen molar-refractivity contribution in [3.05, 3.63) is 65.2 Å². The molecule has 2 amide bonds. The largest absolute Gasteiger partial charge is 0.497 e. The average molecular weight is 375 g/mol. The molecule has 3 aliphatic rings. The van der Waals surface area contributed by atoms with Gasteiger partial charge in [-0.2, -0.15) is 5.10 Å². The van der Waals surface area contributed by atoms with Crippen LogP contribution in [0.15, 0.2) is 53.6 Å². The van der Waals surface area contributed by atoms with Gasteiger partial charge in [0.2, 0.25) is 11.8 Å². The highest BCUT2D eigenvalue weighted by atomic mass is 16.5. The van der Waals surface area contributed by atoms with E-state index in [0.717, 1.165) is 11.1 Å². The summed E-state index contributed by atoms with van der Waals surface area (Å²) in [5.74, 6) is -1.77. The maximum Gasteiger partial charge on any atom is 0.233 e. The zero-order valence-corrected chi connectivity index (χ0v) is 15.0. The van der Waals surface area contributed by atoms with Crippen molar-refractivity contribution in [1.82, 2.24) is 10.3 Å². The molecule has 4 atom stereocenters. The van der Waals surface area contributed by atoms with E-state index >= 15 is 0 Å². The number of hydrazone groups is 1. The Hall–Kier alpha value is -3.48. The van der Waals surface area contributed by atoms with E-state index in [-0.39, 0.29) is 11.7 Å². The fourth-order valence-electron chi connectivity index (χ4n) is 4.51. The van der Waals surface area contributed by atoms with E-state index in [4.69, 9.17) is 4.74 Å². The third kappa shape index (κ3) is 2.22. The number of rotatable bonds is 3. The van der Waals surface area contributed by atoms with E-state index in [1.807, 2.05) is 24.3 Å². The van der Waals surface area contributed by atoms with Gasteiger partial charge in [0.15, 0.2) is 5.78 Å². The molecule has 0 unspecified atom stereocenters. The van der Waals surface area contributed by atoms with Crippen molar-refractivity contribution in [3.8, 4) is 5.75 Å². The van der Waals surface area contributed by atoms with E-state index in [9.17, 15) is 14.4 Å². The highest BCUT2D eigenvalue weighted by Gasteiger charge is 2.62. The van der Waals surface area contributed by atoms with Gasteiger partial charge in [-0.25, -0.2) is 0 Å². The Morgan fingerprint density at radius 1 is 1.04 bits per heavy atom. The van der Waals surface area contributed by atoms with Crippen LogP contribution in [0.2, 0.25) is 0 Å². The van der Waals surface area contributed by atoms with Crippen molar-refractivity contribution in [2.45, 2.75) is 12.1 Å². The minimum Gasteiger partial charge on any atom is -0.497 e. The molecule has 0 aliphatic carbocycles. The molecular formula is C21H17N3O4. The lowest BCUT2D eigenvalue weighted by Gasteiger charge is -2.32. The maximum absolute atomic E-state index is 13.4. The fourth-order valence-corrected chi connectivity index (χ4v) is 4.51. The van der Waals surface area contributed by atoms with Gasteiger partial charge in [-0.15, -0.1) is 0 Å². The highest BCUT2D eigenvalue weighted by molar-refractivity contribution is 6.12. The Bertz CT molecular complexity index is 1030. The molecule has 0 radical (unpaired) electrons. The van der Waals surface area contributed by atoms with Crippen molar-refractivity contribution in [2.75, 3.05) is 7.11 Å². The molecule has 1 N–H and O–H groups in total. The average Bonchev–Trinajstić information content (AvgIpc) is 3.22. The van der Waals surface area contributed by atoms with Gasteiger partial charge in [-0.1, -0.05) is 24.3 Å². The number of carbonyl (C=O) groups excluding carboxylic acids is 3. The first kappa shape index (κ1) is 16.7. The van der Waals surface area contributed by atoms with Crippen molar-refractivity contribution in [1.29, 1.82) is 0 Å². The summed E-state index contributed by atoms with van der Waals surface area (Å²) in [4.78, 5) is 38.5. The van der Waals surface area contributed by atoms with Crippen LogP contribution in [0.3, 0.4) is 0 Å². The summed E-state index contributed by atoms with van der Waals surface area (Å²) in [6.07, 6.45) is 1.68. The number of ether oxygens (including phenoxy) is 1. The van der Waals surface area contributed by atoms with Crippen LogP contribution in [0.5, 0.6) is 5.75 Å². The number of Topliss-reactive ketones (excluding diaryl/α,β-unsaturated/α-hetero) is 1. The third-order valence-electron chi connectivity index (χ3n) is 5.78. The first-order valence-corrected chi connectivity index (χ1v) is 9.04. The van der Waals surface area contributed by atoms with Crippen molar-refractivity contribution < 1.29 is 19.1 Å². The van der Waals surface area contributed by atoms with Crippen LogP contribution in [-0.4, -0.2) is 42.0 Å². The van der Waals surface area contributed by atoms with Gasteiger partial charge in [0, 0.05) is 5.56 Å². The molecule has 140 valence electrons. The SMILES string of the molecule is COc1ccc(C(=O)[C@H]2[C@H]3C(=O)NC(=O)[C@H]3[C@@H]3c4ccccc4C=NN23)cc1. The molecule has 0 saturated carbocycles. The number of benzene rings is 2. The van der Waals surface area contributed by atoms with Gasteiger partial charge < -0.3 is 4.74 Å². The van der Waals surface area contributed by atoms with E-state index < -0.39 is 29.8 Å². The Kier molecular flexibility index (Phi) is 3.58. The van der Waals surface area contributed by atoms with Gasteiger partial charge >= 0.3 is 0 Å². The van der Waals surface area contributed by atoms with Gasteiger partial charge in [0.25, 0.3) is 0 Å². The molecule has 0 bridgehead atoms. The molecule has 3 heterocycles. The number of hydrogen-bond donors (Lipinski definition) is 1. The highest BCUT2D eigenvalue weighted by Crippen LogP contribution is 2.50. The van der Waals surface area contributed by atoms with Crippen molar-refractivity contribution in [3.63, 3.8) is 0 Å². The smallest absolute Gasteiger partial charge is 0.233 e. The second-order valence-electron chi connectivity index (χ2n) is 7.14. The number of imide groups is 1. The maximum atomic E-state index is 13.4. The van der Waals surface area contributed by atoms with Crippen LogP contribution >= 0.6 is 0 Å². The molecule has 0 spiro atoms. The monoisotopic (exact) mass is 375 g/mol. The molecule has 7 nitrogen and oxygen atoms in total. The summed E-state index contributed by atoms with van der Waals surface area (Å²) in [6.45, 7) is 0. The van der Waals surface area contributed by atoms with Gasteiger partial charge in [-0.05, 0) is 35.4 Å². The van der Waals surface area contributed by atoms with E-state index in [1.54, 1.807) is 42.6 Å². The Balaban J connectivity index is 1.61. The summed E-state index contributed by atoms with van der Waals surface area (Å²) in [5.41, 5.74) is 2.25. The van der Waals surface area contributed by atoms with Crippen molar-refractivity contribution >= 4 is 23.8 Å². The molecule has 3 aliphatic heterocycles. The lowest BCUT2D eigenvalue weighted by Crippen LogP contribution is -2.43. The van der Waals surface area contributed by atoms with Crippen LogP contribution in [-0.2, 0) is 9.59 Å². The molecule has 2 saturated heterocycles. The second-order valence-corrected chi connectivity index (χ2v) is 7.14. The van der Waals surface area contributed by atoms with Crippen molar-refractivity contribution in [2.24, 2.45) is 16.9 Å². The number of methoxy groups -OCH3 is 1. The van der Waals surface area contributed by atoms with Crippen LogP contribution in [0.25, 0.3) is 0 Å². The summed E-state index contributed by atoms with van der Waals surface area (Å²) in [7, 11) is 1.55. The Morgan fingerprint density at radius 2 is 1.75 bits per heavy atom. The van der Waals surface area contributed by atoms with Crippen LogP contribution in [0.1, 0.15) is 27.5 Å². The van der Waals surface area contributed by atoms with Crippen LogP contribution in [0, 0.1) is 11.8 Å². The lowest BCUT2D eigenvalue weighted by atomic mass is 9.83. The summed E-state index contributed by atoms with van der Waals surface area (Å²) in [5, 5.41) is 8.52. The number of ketones is 1. The predicted octanol–water partition coefficient (Wildman–Crippen LogP) is 1.54. The van der Waals surface area contributed by atoms with E-state index in [2.05, 4.69) is 10.4 Å². The summed E-state index contributed by atoms with van der Waals surface area (Å²) < 4.78 is 5.15. The molecule has 7 heteroatoms. The Morgan fingerprint density at radius 3 is 2.50 bits per heavy atom. The first-order chi connectivity index (χ1) is 13.6. The number of fused-ring (bicyclic) bond motifs is 5. The van der Waals surface area contributed by atoms with Gasteiger partial charge in [-0.3, -0.25) is 24.7 Å². The second kappa shape index (κ2) is 6.02. The number of amides is 2. The molecule has 28 heavy (non-hydrogen) atoms. The number of hydrogen-bond acceptors (Lipinski definition) is 6. The molecule has 2 aromatic rings. The minimum absolute atomic E-state index is 0.235. The summed E-state index contributed by atoms with van der Waals surface area (Å²) >= 11 is 0. The van der Waals surface area contributed by atoms with Gasteiger partial charge in [0.05, 0.1) is 31.2 Å². The van der Waals surface area contributed by atoms with Crippen LogP contribution < -0.4 is 10.1 Å². The number of nitrogens with one attached hydrogen (secondary N) is 1. The quantitative estimate of drug-likeness (QED) is 0.649. The normalized spacial score (nSPS) is 27.1. The number of nitrogens with zero attached hydrogens (tertiary/aromatic N) is 2. The Labute approximate surface area is 161 Å². The van der Waals surface area contributed by atoms with E-state index in [1.165, 1.54) is 0 Å². The molecule has 0 aromatic heterocycles. The molecular weight excluding hydrogens is 358 g/mol. The predicted molar refractivity (Wildman–Crippen MR) is 99.9 cm³/mol.